The summed E-state index contributed by atoms with van der Waals surface area (Å²) in [4.78, 5) is 11.8. The van der Waals surface area contributed by atoms with Crippen molar-refractivity contribution in [1.82, 2.24) is 0 Å². The lowest BCUT2D eigenvalue weighted by atomic mass is 10.2. The molecule has 0 atom stereocenters. The fourth-order valence-electron chi connectivity index (χ4n) is 1.56. The number of allylic oxidation sites excluding steroid dienone is 3. The molecule has 0 saturated carbocycles. The fraction of sp³-hybridized carbons (Fsp3) is 0.214. The van der Waals surface area contributed by atoms with Crippen LogP contribution in [-0.4, -0.2) is 13.1 Å². The van der Waals surface area contributed by atoms with Gasteiger partial charge in [-0.25, -0.2) is 4.79 Å². The molecule has 0 heterocycles. The van der Waals surface area contributed by atoms with Gasteiger partial charge in [0.1, 0.15) is 11.5 Å². The highest BCUT2D eigenvalue weighted by atomic mass is 16.5. The Labute approximate surface area is 100 Å². The molecule has 1 aliphatic carbocycles. The number of rotatable bonds is 3. The Morgan fingerprint density at radius 1 is 1.18 bits per heavy atom. The normalized spacial score (nSPS) is 14.1. The summed E-state index contributed by atoms with van der Waals surface area (Å²) in [6, 6.07) is 6.85. The van der Waals surface area contributed by atoms with E-state index in [0.717, 1.165) is 18.6 Å². The SMILES string of the molecule is COc1ccc(C(=O)OC2=CCCC=C2)cc1. The minimum atomic E-state index is -0.342. The highest BCUT2D eigenvalue weighted by molar-refractivity contribution is 5.90. The number of benzene rings is 1. The maximum atomic E-state index is 11.8. The van der Waals surface area contributed by atoms with Crippen LogP contribution in [0.15, 0.2) is 48.3 Å². The van der Waals surface area contributed by atoms with Crippen LogP contribution in [0.25, 0.3) is 0 Å². The van der Waals surface area contributed by atoms with Gasteiger partial charge in [-0.2, -0.15) is 0 Å². The summed E-state index contributed by atoms with van der Waals surface area (Å²) in [6.07, 6.45) is 7.66. The van der Waals surface area contributed by atoms with E-state index in [1.54, 1.807) is 31.4 Å². The number of hydrogen-bond donors (Lipinski definition) is 0. The van der Waals surface area contributed by atoms with E-state index in [-0.39, 0.29) is 5.97 Å². The Kier molecular flexibility index (Phi) is 3.60. The van der Waals surface area contributed by atoms with E-state index < -0.39 is 0 Å². The van der Waals surface area contributed by atoms with Crippen LogP contribution in [0.3, 0.4) is 0 Å². The smallest absolute Gasteiger partial charge is 0.343 e. The molecular weight excluding hydrogens is 216 g/mol. The van der Waals surface area contributed by atoms with Gasteiger partial charge >= 0.3 is 5.97 Å². The molecule has 0 spiro atoms. The van der Waals surface area contributed by atoms with Crippen LogP contribution in [0.2, 0.25) is 0 Å². The van der Waals surface area contributed by atoms with E-state index in [1.807, 2.05) is 18.2 Å². The molecule has 3 nitrogen and oxygen atoms in total. The highest BCUT2D eigenvalue weighted by Gasteiger charge is 2.09. The molecule has 0 amide bonds. The van der Waals surface area contributed by atoms with Crippen LogP contribution in [0.5, 0.6) is 5.75 Å². The van der Waals surface area contributed by atoms with Crippen molar-refractivity contribution in [3.63, 3.8) is 0 Å². The number of methoxy groups -OCH3 is 1. The van der Waals surface area contributed by atoms with Crippen LogP contribution in [0.1, 0.15) is 23.2 Å². The van der Waals surface area contributed by atoms with Crippen molar-refractivity contribution >= 4 is 5.97 Å². The summed E-state index contributed by atoms with van der Waals surface area (Å²) in [7, 11) is 1.59. The monoisotopic (exact) mass is 230 g/mol. The van der Waals surface area contributed by atoms with Crippen molar-refractivity contribution in [3.05, 3.63) is 53.8 Å². The molecule has 0 aromatic heterocycles. The second-order valence-electron chi connectivity index (χ2n) is 3.70. The van der Waals surface area contributed by atoms with E-state index in [0.29, 0.717) is 11.3 Å². The topological polar surface area (TPSA) is 35.5 Å². The molecule has 0 saturated heterocycles. The molecule has 0 fully saturated rings. The third-order valence-electron chi connectivity index (χ3n) is 2.50. The zero-order valence-electron chi connectivity index (χ0n) is 9.68. The lowest BCUT2D eigenvalue weighted by Crippen LogP contribution is -2.04. The van der Waals surface area contributed by atoms with Crippen molar-refractivity contribution < 1.29 is 14.3 Å². The average molecular weight is 230 g/mol. The zero-order valence-corrected chi connectivity index (χ0v) is 9.68. The first-order valence-electron chi connectivity index (χ1n) is 5.52. The van der Waals surface area contributed by atoms with Gasteiger partial charge in [0.15, 0.2) is 0 Å². The number of carbonyl (C=O) groups excluding carboxylic acids is 1. The van der Waals surface area contributed by atoms with E-state index in [9.17, 15) is 4.79 Å². The van der Waals surface area contributed by atoms with Gasteiger partial charge < -0.3 is 9.47 Å². The summed E-state index contributed by atoms with van der Waals surface area (Å²) in [6.45, 7) is 0. The molecule has 0 aliphatic heterocycles. The van der Waals surface area contributed by atoms with Crippen LogP contribution in [0.4, 0.5) is 0 Å². The number of esters is 1. The Morgan fingerprint density at radius 2 is 1.94 bits per heavy atom. The average Bonchev–Trinajstić information content (AvgIpc) is 2.40. The molecule has 1 aromatic rings. The van der Waals surface area contributed by atoms with E-state index >= 15 is 0 Å². The molecule has 17 heavy (non-hydrogen) atoms. The van der Waals surface area contributed by atoms with Gasteiger partial charge in [-0.1, -0.05) is 6.08 Å². The summed E-state index contributed by atoms with van der Waals surface area (Å²) < 4.78 is 10.3. The third-order valence-corrected chi connectivity index (χ3v) is 2.50. The van der Waals surface area contributed by atoms with Gasteiger partial charge in [0.2, 0.25) is 0 Å². The number of ether oxygens (including phenoxy) is 2. The molecule has 88 valence electrons. The van der Waals surface area contributed by atoms with E-state index in [2.05, 4.69) is 0 Å². The first kappa shape index (κ1) is 11.5. The Balaban J connectivity index is 2.03. The summed E-state index contributed by atoms with van der Waals surface area (Å²) in [5.74, 6) is 1.00. The Bertz CT molecular complexity index is 455. The van der Waals surface area contributed by atoms with Crippen molar-refractivity contribution in [2.75, 3.05) is 7.11 Å². The van der Waals surface area contributed by atoms with Crippen LogP contribution >= 0.6 is 0 Å². The Hall–Kier alpha value is -2.03. The van der Waals surface area contributed by atoms with Gasteiger partial charge in [-0.3, -0.25) is 0 Å². The predicted octanol–water partition coefficient (Wildman–Crippen LogP) is 3.09. The van der Waals surface area contributed by atoms with Crippen molar-refractivity contribution in [2.45, 2.75) is 12.8 Å². The molecular formula is C14H14O3. The first-order valence-corrected chi connectivity index (χ1v) is 5.52. The van der Waals surface area contributed by atoms with Crippen LogP contribution < -0.4 is 4.74 Å². The molecule has 3 heteroatoms. The van der Waals surface area contributed by atoms with Crippen LogP contribution in [0, 0.1) is 0 Å². The summed E-state index contributed by atoms with van der Waals surface area (Å²) in [5, 5.41) is 0. The molecule has 0 radical (unpaired) electrons. The first-order chi connectivity index (χ1) is 8.29. The van der Waals surface area contributed by atoms with Gasteiger partial charge in [0, 0.05) is 0 Å². The summed E-state index contributed by atoms with van der Waals surface area (Å²) in [5.41, 5.74) is 0.519. The molecule has 1 aromatic carbocycles. The van der Waals surface area contributed by atoms with Gasteiger partial charge in [-0.15, -0.1) is 0 Å². The largest absolute Gasteiger partial charge is 0.497 e. The minimum Gasteiger partial charge on any atom is -0.497 e. The minimum absolute atomic E-state index is 0.342. The van der Waals surface area contributed by atoms with E-state index in [1.165, 1.54) is 0 Å². The highest BCUT2D eigenvalue weighted by Crippen LogP contribution is 2.16. The number of hydrogen-bond acceptors (Lipinski definition) is 3. The van der Waals surface area contributed by atoms with Crippen molar-refractivity contribution in [3.8, 4) is 5.75 Å². The predicted molar refractivity (Wildman–Crippen MR) is 64.9 cm³/mol. The van der Waals surface area contributed by atoms with Crippen molar-refractivity contribution in [2.24, 2.45) is 0 Å². The molecule has 1 aliphatic rings. The van der Waals surface area contributed by atoms with Gasteiger partial charge in [-0.05, 0) is 49.3 Å². The number of carbonyl (C=O) groups is 1. The maximum Gasteiger partial charge on any atom is 0.343 e. The fourth-order valence-corrected chi connectivity index (χ4v) is 1.56. The second kappa shape index (κ2) is 5.34. The lowest BCUT2D eigenvalue weighted by molar-refractivity contribution is 0.0635. The zero-order chi connectivity index (χ0) is 12.1. The van der Waals surface area contributed by atoms with Crippen LogP contribution in [-0.2, 0) is 4.74 Å². The van der Waals surface area contributed by atoms with Crippen molar-refractivity contribution in [1.29, 1.82) is 0 Å². The molecule has 0 N–H and O–H groups in total. The maximum absolute atomic E-state index is 11.8. The molecule has 0 bridgehead atoms. The lowest BCUT2D eigenvalue weighted by Gasteiger charge is -2.08. The quantitative estimate of drug-likeness (QED) is 0.748. The van der Waals surface area contributed by atoms with Gasteiger partial charge in [0.05, 0.1) is 12.7 Å². The Morgan fingerprint density at radius 3 is 2.53 bits per heavy atom. The standard InChI is InChI=1S/C14H14O3/c1-16-12-9-7-11(8-10-12)14(15)17-13-5-3-2-4-6-13/h3,5-10H,2,4H2,1H3. The summed E-state index contributed by atoms with van der Waals surface area (Å²) >= 11 is 0. The molecule has 0 unspecified atom stereocenters. The third kappa shape index (κ3) is 2.97. The van der Waals surface area contributed by atoms with E-state index in [4.69, 9.17) is 9.47 Å². The van der Waals surface area contributed by atoms with Gasteiger partial charge in [0.25, 0.3) is 0 Å². The second-order valence-corrected chi connectivity index (χ2v) is 3.70. The molecule has 2 rings (SSSR count).